The molecule has 0 radical (unpaired) electrons. The lowest BCUT2D eigenvalue weighted by molar-refractivity contribution is 0.547. The van der Waals surface area contributed by atoms with Crippen LogP contribution in [0.3, 0.4) is 0 Å². The average Bonchev–Trinajstić information content (AvgIpc) is 2.67. The summed E-state index contributed by atoms with van der Waals surface area (Å²) < 4.78 is 3.10. The molecular formula is C13H17BrN4. The number of rotatable bonds is 4. The van der Waals surface area contributed by atoms with Crippen LogP contribution in [0.25, 0.3) is 0 Å². The van der Waals surface area contributed by atoms with E-state index in [-0.39, 0.29) is 6.04 Å². The van der Waals surface area contributed by atoms with Crippen LogP contribution in [0.2, 0.25) is 0 Å². The van der Waals surface area contributed by atoms with Crippen LogP contribution < -0.4 is 5.32 Å². The molecule has 0 aliphatic heterocycles. The molecule has 1 unspecified atom stereocenters. The van der Waals surface area contributed by atoms with Crippen LogP contribution in [0.4, 0.5) is 0 Å². The van der Waals surface area contributed by atoms with E-state index in [0.29, 0.717) is 6.54 Å². The fourth-order valence-electron chi connectivity index (χ4n) is 1.74. The van der Waals surface area contributed by atoms with E-state index in [1.807, 2.05) is 30.7 Å². The quantitative estimate of drug-likeness (QED) is 0.944. The molecule has 1 N–H and O–H groups in total. The third-order valence-corrected chi connectivity index (χ3v) is 3.59. The van der Waals surface area contributed by atoms with Crippen molar-refractivity contribution in [3.63, 3.8) is 0 Å². The summed E-state index contributed by atoms with van der Waals surface area (Å²) in [6.45, 7) is 4.81. The van der Waals surface area contributed by atoms with Crippen LogP contribution in [-0.2, 0) is 13.6 Å². The summed E-state index contributed by atoms with van der Waals surface area (Å²) in [5.41, 5.74) is 1.25. The SMILES string of the molecule is Cc1nnc(CNC(C)c2cccc(Br)c2)n1C. The molecule has 0 aliphatic carbocycles. The number of aryl methyl sites for hydroxylation is 1. The maximum atomic E-state index is 4.14. The first kappa shape index (κ1) is 13.2. The zero-order valence-corrected chi connectivity index (χ0v) is 12.4. The monoisotopic (exact) mass is 308 g/mol. The van der Waals surface area contributed by atoms with Crippen molar-refractivity contribution in [2.45, 2.75) is 26.4 Å². The molecule has 2 aromatic rings. The first-order valence-corrected chi connectivity index (χ1v) is 6.71. The molecule has 4 nitrogen and oxygen atoms in total. The Hall–Kier alpha value is -1.20. The van der Waals surface area contributed by atoms with Gasteiger partial charge in [-0.2, -0.15) is 0 Å². The van der Waals surface area contributed by atoms with Gasteiger partial charge in [-0.15, -0.1) is 10.2 Å². The van der Waals surface area contributed by atoms with Gasteiger partial charge in [0.1, 0.15) is 11.6 Å². The molecule has 1 heterocycles. The van der Waals surface area contributed by atoms with Crippen LogP contribution in [-0.4, -0.2) is 14.8 Å². The van der Waals surface area contributed by atoms with Crippen molar-refractivity contribution < 1.29 is 0 Å². The molecule has 5 heteroatoms. The predicted molar refractivity (Wildman–Crippen MR) is 75.1 cm³/mol. The highest BCUT2D eigenvalue weighted by Gasteiger charge is 2.08. The summed E-state index contributed by atoms with van der Waals surface area (Å²) >= 11 is 3.49. The van der Waals surface area contributed by atoms with Gasteiger partial charge in [-0.05, 0) is 31.5 Å². The Kier molecular flexibility index (Phi) is 4.14. The highest BCUT2D eigenvalue weighted by molar-refractivity contribution is 9.10. The van der Waals surface area contributed by atoms with Crippen LogP contribution in [0.5, 0.6) is 0 Å². The first-order chi connectivity index (χ1) is 8.58. The van der Waals surface area contributed by atoms with E-state index in [4.69, 9.17) is 0 Å². The Morgan fingerprint density at radius 2 is 2.17 bits per heavy atom. The van der Waals surface area contributed by atoms with Crippen LogP contribution in [0.1, 0.15) is 30.2 Å². The van der Waals surface area contributed by atoms with Gasteiger partial charge in [-0.1, -0.05) is 28.1 Å². The van der Waals surface area contributed by atoms with Gasteiger partial charge in [0.25, 0.3) is 0 Å². The second kappa shape index (κ2) is 5.63. The van der Waals surface area contributed by atoms with Crippen LogP contribution in [0, 0.1) is 6.92 Å². The number of aromatic nitrogens is 3. The van der Waals surface area contributed by atoms with Gasteiger partial charge in [0.2, 0.25) is 0 Å². The third-order valence-electron chi connectivity index (χ3n) is 3.10. The number of halogens is 1. The lowest BCUT2D eigenvalue weighted by Crippen LogP contribution is -2.20. The summed E-state index contributed by atoms with van der Waals surface area (Å²) in [5.74, 6) is 1.89. The van der Waals surface area contributed by atoms with Gasteiger partial charge in [-0.25, -0.2) is 0 Å². The summed E-state index contributed by atoms with van der Waals surface area (Å²) in [7, 11) is 1.98. The van der Waals surface area contributed by atoms with Crippen LogP contribution in [0.15, 0.2) is 28.7 Å². The minimum Gasteiger partial charge on any atom is -0.317 e. The minimum absolute atomic E-state index is 0.277. The van der Waals surface area contributed by atoms with E-state index < -0.39 is 0 Å². The van der Waals surface area contributed by atoms with E-state index in [2.05, 4.69) is 50.5 Å². The molecule has 0 amide bonds. The summed E-state index contributed by atoms with van der Waals surface area (Å²) in [6.07, 6.45) is 0. The van der Waals surface area contributed by atoms with Gasteiger partial charge in [0.05, 0.1) is 6.54 Å². The smallest absolute Gasteiger partial charge is 0.146 e. The van der Waals surface area contributed by atoms with Crippen molar-refractivity contribution in [2.24, 2.45) is 7.05 Å². The van der Waals surface area contributed by atoms with E-state index in [0.717, 1.165) is 16.1 Å². The van der Waals surface area contributed by atoms with E-state index in [1.165, 1.54) is 5.56 Å². The Balaban J connectivity index is 2.00. The molecule has 0 fully saturated rings. The molecule has 0 bridgehead atoms. The second-order valence-corrected chi connectivity index (χ2v) is 5.30. The molecular weight excluding hydrogens is 292 g/mol. The molecule has 18 heavy (non-hydrogen) atoms. The summed E-state index contributed by atoms with van der Waals surface area (Å²) in [5, 5.41) is 11.6. The molecule has 0 saturated carbocycles. The predicted octanol–water partition coefficient (Wildman–Crippen LogP) is 2.74. The number of nitrogens with zero attached hydrogens (tertiary/aromatic N) is 3. The first-order valence-electron chi connectivity index (χ1n) is 5.91. The molecule has 1 atom stereocenters. The molecule has 0 spiro atoms. The van der Waals surface area contributed by atoms with Crippen LogP contribution >= 0.6 is 15.9 Å². The highest BCUT2D eigenvalue weighted by Crippen LogP contribution is 2.18. The normalized spacial score (nSPS) is 12.7. The fraction of sp³-hybridized carbons (Fsp3) is 0.385. The average molecular weight is 309 g/mol. The Labute approximate surface area is 116 Å². The molecule has 96 valence electrons. The van der Waals surface area contributed by atoms with Crippen molar-refractivity contribution in [3.8, 4) is 0 Å². The molecule has 2 rings (SSSR count). The number of benzene rings is 1. The molecule has 0 saturated heterocycles. The highest BCUT2D eigenvalue weighted by atomic mass is 79.9. The topological polar surface area (TPSA) is 42.7 Å². The van der Waals surface area contributed by atoms with Gasteiger partial charge in [-0.3, -0.25) is 0 Å². The third kappa shape index (κ3) is 2.97. The number of hydrogen-bond donors (Lipinski definition) is 1. The van der Waals surface area contributed by atoms with E-state index in [9.17, 15) is 0 Å². The zero-order chi connectivity index (χ0) is 13.1. The zero-order valence-electron chi connectivity index (χ0n) is 10.8. The van der Waals surface area contributed by atoms with Crippen molar-refractivity contribution in [3.05, 3.63) is 46.0 Å². The number of nitrogens with one attached hydrogen (secondary N) is 1. The van der Waals surface area contributed by atoms with Gasteiger partial charge in [0, 0.05) is 17.6 Å². The fourth-order valence-corrected chi connectivity index (χ4v) is 2.16. The molecule has 1 aromatic heterocycles. The maximum absolute atomic E-state index is 4.14. The second-order valence-electron chi connectivity index (χ2n) is 4.38. The van der Waals surface area contributed by atoms with Crippen molar-refractivity contribution >= 4 is 15.9 Å². The van der Waals surface area contributed by atoms with Crippen molar-refractivity contribution in [1.29, 1.82) is 0 Å². The Morgan fingerprint density at radius 3 is 2.78 bits per heavy atom. The van der Waals surface area contributed by atoms with E-state index >= 15 is 0 Å². The lowest BCUT2D eigenvalue weighted by atomic mass is 10.1. The van der Waals surface area contributed by atoms with Gasteiger partial charge in [0.15, 0.2) is 0 Å². The van der Waals surface area contributed by atoms with Crippen molar-refractivity contribution in [2.75, 3.05) is 0 Å². The van der Waals surface area contributed by atoms with Crippen molar-refractivity contribution in [1.82, 2.24) is 20.1 Å². The molecule has 0 aliphatic rings. The molecule has 1 aromatic carbocycles. The Morgan fingerprint density at radius 1 is 1.39 bits per heavy atom. The van der Waals surface area contributed by atoms with E-state index in [1.54, 1.807) is 0 Å². The minimum atomic E-state index is 0.277. The van der Waals surface area contributed by atoms with Gasteiger partial charge < -0.3 is 9.88 Å². The lowest BCUT2D eigenvalue weighted by Gasteiger charge is -2.14. The largest absolute Gasteiger partial charge is 0.317 e. The standard InChI is InChI=1S/C13H17BrN4/c1-9(11-5-4-6-12(14)7-11)15-8-13-17-16-10(2)18(13)3/h4-7,9,15H,8H2,1-3H3. The maximum Gasteiger partial charge on any atom is 0.146 e. The van der Waals surface area contributed by atoms with Gasteiger partial charge >= 0.3 is 0 Å². The summed E-state index contributed by atoms with van der Waals surface area (Å²) in [6, 6.07) is 8.59. The number of hydrogen-bond acceptors (Lipinski definition) is 3. The Bertz CT molecular complexity index is 536. The summed E-state index contributed by atoms with van der Waals surface area (Å²) in [4.78, 5) is 0.